The van der Waals surface area contributed by atoms with E-state index >= 15 is 0 Å². The Balaban J connectivity index is 1.78. The Morgan fingerprint density at radius 3 is 2.64 bits per heavy atom. The van der Waals surface area contributed by atoms with Crippen LogP contribution in [0.2, 0.25) is 0 Å². The van der Waals surface area contributed by atoms with Crippen molar-refractivity contribution in [3.8, 4) is 0 Å². The summed E-state index contributed by atoms with van der Waals surface area (Å²) >= 11 is 1.73. The van der Waals surface area contributed by atoms with Gasteiger partial charge in [-0.05, 0) is 31.3 Å². The molecular weight excluding hydrogens is 298 g/mol. The number of rotatable bonds is 5. The van der Waals surface area contributed by atoms with Crippen LogP contribution >= 0.6 is 11.8 Å². The normalized spacial score (nSPS) is 16.5. The van der Waals surface area contributed by atoms with Gasteiger partial charge in [0.15, 0.2) is 0 Å². The van der Waals surface area contributed by atoms with Crippen molar-refractivity contribution in [2.45, 2.75) is 18.2 Å². The van der Waals surface area contributed by atoms with E-state index in [2.05, 4.69) is 17.3 Å². The van der Waals surface area contributed by atoms with Gasteiger partial charge in [0, 0.05) is 55.9 Å². The highest BCUT2D eigenvalue weighted by Crippen LogP contribution is 2.20. The first kappa shape index (κ1) is 16.8. The number of nitrogens with one attached hydrogen (secondary N) is 1. The Kier molecular flexibility index (Phi) is 6.27. The number of thioether (sulfide) groups is 1. The molecule has 1 aromatic rings. The molecule has 120 valence electrons. The summed E-state index contributed by atoms with van der Waals surface area (Å²) < 4.78 is 0. The summed E-state index contributed by atoms with van der Waals surface area (Å²) in [6.07, 6.45) is 0.618. The zero-order valence-electron chi connectivity index (χ0n) is 13.2. The number of anilines is 1. The fraction of sp³-hybridized carbons (Fsp3) is 0.500. The number of hydrogen-bond donors (Lipinski definition) is 1. The van der Waals surface area contributed by atoms with Crippen LogP contribution in [0.25, 0.3) is 0 Å². The Bertz CT molecular complexity index is 519. The number of amides is 2. The van der Waals surface area contributed by atoms with Gasteiger partial charge in [-0.2, -0.15) is 0 Å². The average molecular weight is 321 g/mol. The minimum atomic E-state index is -0.0648. The van der Waals surface area contributed by atoms with Gasteiger partial charge in [0.2, 0.25) is 11.8 Å². The van der Waals surface area contributed by atoms with E-state index in [1.807, 2.05) is 29.2 Å². The highest BCUT2D eigenvalue weighted by atomic mass is 32.2. The van der Waals surface area contributed by atoms with Gasteiger partial charge in [0.05, 0.1) is 0 Å². The zero-order chi connectivity index (χ0) is 15.9. The van der Waals surface area contributed by atoms with Crippen molar-refractivity contribution in [3.05, 3.63) is 24.3 Å². The largest absolute Gasteiger partial charge is 0.341 e. The van der Waals surface area contributed by atoms with Gasteiger partial charge in [-0.25, -0.2) is 0 Å². The lowest BCUT2D eigenvalue weighted by molar-refractivity contribution is -0.130. The van der Waals surface area contributed by atoms with E-state index in [1.165, 1.54) is 6.92 Å². The third-order valence-electron chi connectivity index (χ3n) is 3.62. The minimum Gasteiger partial charge on any atom is -0.341 e. The molecule has 1 aromatic carbocycles. The lowest BCUT2D eigenvalue weighted by Crippen LogP contribution is -2.34. The van der Waals surface area contributed by atoms with Crippen LogP contribution < -0.4 is 5.32 Å². The number of carbonyl (C=O) groups is 2. The van der Waals surface area contributed by atoms with Gasteiger partial charge in [0.25, 0.3) is 0 Å². The van der Waals surface area contributed by atoms with E-state index in [4.69, 9.17) is 0 Å². The molecule has 0 aromatic heterocycles. The van der Waals surface area contributed by atoms with Crippen LogP contribution in [0.4, 0.5) is 5.69 Å². The number of carbonyl (C=O) groups excluding carboxylic acids is 2. The third kappa shape index (κ3) is 5.35. The van der Waals surface area contributed by atoms with Gasteiger partial charge in [0.1, 0.15) is 0 Å². The third-order valence-corrected chi connectivity index (χ3v) is 4.61. The Labute approximate surface area is 136 Å². The monoisotopic (exact) mass is 321 g/mol. The predicted octanol–water partition coefficient (Wildman–Crippen LogP) is 1.90. The summed E-state index contributed by atoms with van der Waals surface area (Å²) in [6.45, 7) is 4.90. The molecule has 0 atom stereocenters. The molecule has 0 aliphatic carbocycles. The standard InChI is InChI=1S/C16H23N3O2S/c1-13(20)17-14-3-5-15(6-4-14)22-12-11-19-10-9-18(2)8-7-16(19)21/h3-6H,7-12H2,1-2H3,(H,17,20). The second-order valence-electron chi connectivity index (χ2n) is 5.49. The second kappa shape index (κ2) is 8.19. The summed E-state index contributed by atoms with van der Waals surface area (Å²) in [4.78, 5) is 28.3. The first-order chi connectivity index (χ1) is 10.5. The molecule has 1 fully saturated rings. The van der Waals surface area contributed by atoms with E-state index < -0.39 is 0 Å². The average Bonchev–Trinajstić information content (AvgIpc) is 2.64. The van der Waals surface area contributed by atoms with Gasteiger partial charge >= 0.3 is 0 Å². The zero-order valence-corrected chi connectivity index (χ0v) is 14.0. The molecule has 1 aliphatic heterocycles. The van der Waals surface area contributed by atoms with Crippen LogP contribution in [0, 0.1) is 0 Å². The molecule has 0 bridgehead atoms. The summed E-state index contributed by atoms with van der Waals surface area (Å²) in [5, 5.41) is 2.75. The maximum atomic E-state index is 12.0. The maximum absolute atomic E-state index is 12.0. The molecule has 1 aliphatic rings. The fourth-order valence-electron chi connectivity index (χ4n) is 2.32. The van der Waals surface area contributed by atoms with Crippen LogP contribution in [-0.2, 0) is 9.59 Å². The van der Waals surface area contributed by atoms with E-state index in [-0.39, 0.29) is 11.8 Å². The Morgan fingerprint density at radius 1 is 1.23 bits per heavy atom. The first-order valence-corrected chi connectivity index (χ1v) is 8.50. The minimum absolute atomic E-state index is 0.0648. The summed E-state index contributed by atoms with van der Waals surface area (Å²) in [5.74, 6) is 1.07. The quantitative estimate of drug-likeness (QED) is 0.842. The molecule has 0 spiro atoms. The van der Waals surface area contributed by atoms with E-state index in [0.717, 1.165) is 42.5 Å². The van der Waals surface area contributed by atoms with Crippen molar-refractivity contribution in [2.24, 2.45) is 0 Å². The number of benzene rings is 1. The molecule has 5 nitrogen and oxygen atoms in total. The maximum Gasteiger partial charge on any atom is 0.223 e. The van der Waals surface area contributed by atoms with Crippen LogP contribution in [0.1, 0.15) is 13.3 Å². The molecule has 2 amide bonds. The molecule has 0 unspecified atom stereocenters. The molecule has 22 heavy (non-hydrogen) atoms. The van der Waals surface area contributed by atoms with Crippen LogP contribution in [-0.4, -0.2) is 60.6 Å². The summed E-state index contributed by atoms with van der Waals surface area (Å²) in [7, 11) is 2.06. The second-order valence-corrected chi connectivity index (χ2v) is 6.66. The summed E-state index contributed by atoms with van der Waals surface area (Å²) in [6, 6.07) is 7.79. The lowest BCUT2D eigenvalue weighted by atomic mass is 10.3. The Hall–Kier alpha value is -1.53. The Morgan fingerprint density at radius 2 is 1.95 bits per heavy atom. The van der Waals surface area contributed by atoms with Gasteiger partial charge in [-0.3, -0.25) is 9.59 Å². The number of likely N-dealkylation sites (N-methyl/N-ethyl adjacent to an activating group) is 1. The molecule has 1 heterocycles. The van der Waals surface area contributed by atoms with E-state index in [1.54, 1.807) is 11.8 Å². The van der Waals surface area contributed by atoms with Crippen molar-refractivity contribution < 1.29 is 9.59 Å². The number of hydrogen-bond acceptors (Lipinski definition) is 4. The summed E-state index contributed by atoms with van der Waals surface area (Å²) in [5.41, 5.74) is 0.808. The van der Waals surface area contributed by atoms with Gasteiger partial charge in [-0.15, -0.1) is 11.8 Å². The highest BCUT2D eigenvalue weighted by Gasteiger charge is 2.18. The fourth-order valence-corrected chi connectivity index (χ4v) is 3.20. The van der Waals surface area contributed by atoms with Crippen LogP contribution in [0.15, 0.2) is 29.2 Å². The molecule has 2 rings (SSSR count). The molecule has 0 saturated carbocycles. The first-order valence-electron chi connectivity index (χ1n) is 7.51. The predicted molar refractivity (Wildman–Crippen MR) is 90.2 cm³/mol. The lowest BCUT2D eigenvalue weighted by Gasteiger charge is -2.20. The van der Waals surface area contributed by atoms with Crippen molar-refractivity contribution in [1.29, 1.82) is 0 Å². The molecular formula is C16H23N3O2S. The van der Waals surface area contributed by atoms with Crippen molar-refractivity contribution in [3.63, 3.8) is 0 Å². The van der Waals surface area contributed by atoms with E-state index in [0.29, 0.717) is 6.42 Å². The number of nitrogens with zero attached hydrogens (tertiary/aromatic N) is 2. The van der Waals surface area contributed by atoms with Crippen molar-refractivity contribution in [2.75, 3.05) is 44.3 Å². The van der Waals surface area contributed by atoms with Crippen LogP contribution in [0.3, 0.4) is 0 Å². The molecule has 0 radical (unpaired) electrons. The SMILES string of the molecule is CC(=O)Nc1ccc(SCCN2CCN(C)CCC2=O)cc1. The topological polar surface area (TPSA) is 52.7 Å². The van der Waals surface area contributed by atoms with Gasteiger partial charge in [-0.1, -0.05) is 0 Å². The van der Waals surface area contributed by atoms with Crippen LogP contribution in [0.5, 0.6) is 0 Å². The van der Waals surface area contributed by atoms with Crippen molar-refractivity contribution in [1.82, 2.24) is 9.80 Å². The smallest absolute Gasteiger partial charge is 0.223 e. The molecule has 1 saturated heterocycles. The van der Waals surface area contributed by atoms with Gasteiger partial charge < -0.3 is 15.1 Å². The van der Waals surface area contributed by atoms with E-state index in [9.17, 15) is 9.59 Å². The van der Waals surface area contributed by atoms with Crippen molar-refractivity contribution >= 4 is 29.3 Å². The highest BCUT2D eigenvalue weighted by molar-refractivity contribution is 7.99. The molecule has 6 heteroatoms. The molecule has 1 N–H and O–H groups in total.